The summed E-state index contributed by atoms with van der Waals surface area (Å²) in [6.07, 6.45) is 8.13. The Balaban J connectivity index is 1.22. The Bertz CT molecular complexity index is 3750. The summed E-state index contributed by atoms with van der Waals surface area (Å²) in [7, 11) is 0. The van der Waals surface area contributed by atoms with Crippen LogP contribution in [0, 0.1) is 5.41 Å². The Labute approximate surface area is 484 Å². The van der Waals surface area contributed by atoms with E-state index in [1.165, 1.54) is 113 Å². The molecule has 80 heavy (non-hydrogen) atoms. The Hall–Kier alpha value is -6.04. The van der Waals surface area contributed by atoms with Gasteiger partial charge in [-0.15, -0.1) is 11.3 Å². The maximum absolute atomic E-state index is 2.77. The smallest absolute Gasteiger partial charge is 0.254 e. The van der Waals surface area contributed by atoms with E-state index in [0.29, 0.717) is 11.8 Å². The highest BCUT2D eigenvalue weighted by molar-refractivity contribution is 7.26. The first-order chi connectivity index (χ1) is 37.7. The van der Waals surface area contributed by atoms with Crippen LogP contribution in [0.3, 0.4) is 0 Å². The lowest BCUT2D eigenvalue weighted by atomic mass is 9.33. The van der Waals surface area contributed by atoms with E-state index in [0.717, 1.165) is 42.7 Å². The van der Waals surface area contributed by atoms with Gasteiger partial charge in [-0.3, -0.25) is 0 Å². The van der Waals surface area contributed by atoms with Crippen molar-refractivity contribution < 1.29 is 0 Å². The molecular formula is C75H86BN3S. The summed E-state index contributed by atoms with van der Waals surface area (Å²) in [5.41, 5.74) is 26.2. The van der Waals surface area contributed by atoms with Gasteiger partial charge in [-0.25, -0.2) is 0 Å². The predicted molar refractivity (Wildman–Crippen MR) is 349 cm³/mol. The first kappa shape index (κ1) is 53.3. The molecule has 3 nitrogen and oxygen atoms in total. The third-order valence-corrected chi connectivity index (χ3v) is 21.3. The summed E-state index contributed by atoms with van der Waals surface area (Å²) >= 11 is 2.05. The van der Waals surface area contributed by atoms with Crippen LogP contribution < -0.4 is 31.1 Å². The van der Waals surface area contributed by atoms with Gasteiger partial charge in [0.05, 0.1) is 10.7 Å². The van der Waals surface area contributed by atoms with Crippen LogP contribution in [0.15, 0.2) is 133 Å². The summed E-state index contributed by atoms with van der Waals surface area (Å²) in [5, 5.41) is 2.80. The molecule has 2 atom stereocenters. The number of anilines is 9. The molecule has 410 valence electrons. The van der Waals surface area contributed by atoms with Crippen molar-refractivity contribution in [2.45, 2.75) is 195 Å². The molecule has 3 aliphatic carbocycles. The van der Waals surface area contributed by atoms with E-state index in [4.69, 9.17) is 0 Å². The molecule has 0 saturated carbocycles. The van der Waals surface area contributed by atoms with Gasteiger partial charge in [0.15, 0.2) is 0 Å². The molecule has 8 aromatic rings. The summed E-state index contributed by atoms with van der Waals surface area (Å²) in [6.45, 7) is 39.3. The van der Waals surface area contributed by atoms with Crippen molar-refractivity contribution in [3.63, 3.8) is 0 Å². The maximum atomic E-state index is 2.77. The molecule has 13 rings (SSSR count). The molecular weight excluding hydrogens is 986 g/mol. The molecule has 0 radical (unpaired) electrons. The monoisotopic (exact) mass is 1070 g/mol. The fraction of sp³-hybridized carbons (Fsp3) is 0.413. The molecule has 0 N–H and O–H groups in total. The second kappa shape index (κ2) is 18.2. The Kier molecular flexibility index (Phi) is 12.1. The van der Waals surface area contributed by atoms with Crippen molar-refractivity contribution in [2.75, 3.05) is 14.7 Å². The highest BCUT2D eigenvalue weighted by atomic mass is 32.1. The average Bonchev–Trinajstić information content (AvgIpc) is 3.97. The number of benzene rings is 7. The molecule has 3 heterocycles. The van der Waals surface area contributed by atoms with Gasteiger partial charge in [0, 0.05) is 44.5 Å². The Morgan fingerprint density at radius 2 is 1.05 bits per heavy atom. The van der Waals surface area contributed by atoms with Crippen LogP contribution >= 0.6 is 11.3 Å². The third-order valence-electron chi connectivity index (χ3n) is 20.2. The molecule has 0 spiro atoms. The number of para-hydroxylation sites is 2. The lowest BCUT2D eigenvalue weighted by molar-refractivity contribution is 0.332. The highest BCUT2D eigenvalue weighted by Gasteiger charge is 2.49. The van der Waals surface area contributed by atoms with Gasteiger partial charge in [0.2, 0.25) is 0 Å². The summed E-state index contributed by atoms with van der Waals surface area (Å²) in [6, 6.07) is 53.5. The minimum atomic E-state index is -0.0752. The number of hydrogen-bond donors (Lipinski definition) is 0. The van der Waals surface area contributed by atoms with Gasteiger partial charge in [0.1, 0.15) is 0 Å². The van der Waals surface area contributed by atoms with Gasteiger partial charge in [-0.1, -0.05) is 171 Å². The first-order valence-electron chi connectivity index (χ1n) is 30.5. The molecule has 0 saturated heterocycles. The number of thiophene rings is 1. The van der Waals surface area contributed by atoms with Gasteiger partial charge < -0.3 is 14.7 Å². The number of fused-ring (bicyclic) bond motifs is 9. The Morgan fingerprint density at radius 3 is 1.62 bits per heavy atom. The lowest BCUT2D eigenvalue weighted by Gasteiger charge is -2.47. The van der Waals surface area contributed by atoms with E-state index in [-0.39, 0.29) is 39.2 Å². The highest BCUT2D eigenvalue weighted by Crippen LogP contribution is 2.56. The minimum Gasteiger partial charge on any atom is -0.311 e. The average molecular weight is 1070 g/mol. The van der Waals surface area contributed by atoms with Crippen molar-refractivity contribution in [1.82, 2.24) is 0 Å². The summed E-state index contributed by atoms with van der Waals surface area (Å²) in [5.74, 6) is 1.05. The van der Waals surface area contributed by atoms with Crippen LogP contribution in [-0.2, 0) is 33.5 Å². The number of hydrogen-bond acceptors (Lipinski definition) is 4. The fourth-order valence-corrected chi connectivity index (χ4v) is 16.5. The number of rotatable bonds is 6. The second-order valence-electron chi connectivity index (χ2n) is 30.3. The van der Waals surface area contributed by atoms with Crippen LogP contribution in [-0.4, -0.2) is 6.71 Å². The van der Waals surface area contributed by atoms with Gasteiger partial charge in [-0.2, -0.15) is 0 Å². The van der Waals surface area contributed by atoms with Crippen molar-refractivity contribution in [2.24, 2.45) is 5.41 Å². The van der Waals surface area contributed by atoms with Crippen molar-refractivity contribution in [3.05, 3.63) is 178 Å². The van der Waals surface area contributed by atoms with Gasteiger partial charge in [0.25, 0.3) is 6.71 Å². The van der Waals surface area contributed by atoms with E-state index in [9.17, 15) is 0 Å². The molecule has 1 aromatic heterocycles. The van der Waals surface area contributed by atoms with E-state index >= 15 is 0 Å². The van der Waals surface area contributed by atoms with Crippen molar-refractivity contribution in [1.29, 1.82) is 0 Å². The van der Waals surface area contributed by atoms with Crippen molar-refractivity contribution in [3.8, 4) is 0 Å². The van der Waals surface area contributed by atoms with Crippen LogP contribution in [0.5, 0.6) is 0 Å². The second-order valence-corrected chi connectivity index (χ2v) is 31.3. The minimum absolute atomic E-state index is 0.00516. The fourth-order valence-electron chi connectivity index (χ4n) is 15.2. The van der Waals surface area contributed by atoms with Gasteiger partial charge >= 0.3 is 0 Å². The summed E-state index contributed by atoms with van der Waals surface area (Å²) < 4.78 is 1.41. The summed E-state index contributed by atoms with van der Waals surface area (Å²) in [4.78, 5) is 8.05. The molecule has 5 aliphatic rings. The molecule has 7 aromatic carbocycles. The van der Waals surface area contributed by atoms with E-state index in [1.54, 1.807) is 11.1 Å². The van der Waals surface area contributed by atoms with E-state index < -0.39 is 0 Å². The largest absolute Gasteiger partial charge is 0.311 e. The topological polar surface area (TPSA) is 9.72 Å². The maximum Gasteiger partial charge on any atom is 0.254 e. The van der Waals surface area contributed by atoms with Crippen LogP contribution in [0.4, 0.5) is 50.5 Å². The SMILES string of the molecule is CC1CCC(C)c2cc3c4c(sc3cc21)N(c1ccc2c(c1)C(C)(C)CCC2(C)C)c1cc(N(c2ccccc2)c2ccccc2)cc2c1B4c1cc3c(cc1N2c1cc(CC(C)(C)C)cc(C(C)(C)C)c1)C(C)(C)CCC3(C)C. The van der Waals surface area contributed by atoms with Gasteiger partial charge in [-0.05, 0) is 228 Å². The zero-order chi connectivity index (χ0) is 56.4. The molecule has 0 bridgehead atoms. The molecule has 0 fully saturated rings. The lowest BCUT2D eigenvalue weighted by Crippen LogP contribution is -2.61. The first-order valence-corrected chi connectivity index (χ1v) is 31.3. The van der Waals surface area contributed by atoms with Crippen molar-refractivity contribution >= 4 is 95.0 Å². The normalized spacial score (nSPS) is 20.1. The standard InChI is InChI=1S/C75H86BN3S/c1-46-27-28-47(2)56-42-66-57(41-55(46)56)67-69(80-66)79(52-29-30-58-59(38-52)73(11,12)32-31-72(58,9)10)65-40-54(77(50-23-19-17-20-24-50)51-25-21-18-22-26-51)39-64-68(65)76(67)62-43-60-61(75(15,16)34-33-74(60,13)14)44-63(62)78(64)53-36-48(45-70(3,4)5)35-49(37-53)71(6,7)8/h17-26,29-30,35-44,46-47H,27-28,31-34,45H2,1-16H3. The third kappa shape index (κ3) is 8.63. The predicted octanol–water partition coefficient (Wildman–Crippen LogP) is 20.0. The quantitative estimate of drug-likeness (QED) is 0.154. The molecule has 2 aliphatic heterocycles. The Morgan fingerprint density at radius 1 is 0.512 bits per heavy atom. The molecule has 5 heteroatoms. The molecule has 0 amide bonds. The van der Waals surface area contributed by atoms with Crippen LogP contribution in [0.2, 0.25) is 0 Å². The number of nitrogens with zero attached hydrogens (tertiary/aromatic N) is 3. The molecule has 2 unspecified atom stereocenters. The van der Waals surface area contributed by atoms with E-state index in [1.807, 2.05) is 11.3 Å². The zero-order valence-electron chi connectivity index (χ0n) is 51.1. The van der Waals surface area contributed by atoms with E-state index in [2.05, 4.69) is 259 Å². The van der Waals surface area contributed by atoms with Crippen LogP contribution in [0.25, 0.3) is 10.1 Å². The zero-order valence-corrected chi connectivity index (χ0v) is 51.9. The van der Waals surface area contributed by atoms with Crippen LogP contribution in [0.1, 0.15) is 206 Å².